The van der Waals surface area contributed by atoms with Crippen molar-refractivity contribution >= 4 is 11.9 Å². The molecule has 0 amide bonds. The summed E-state index contributed by atoms with van der Waals surface area (Å²) in [6.07, 6.45) is 0. The number of aliphatic carboxylic acids is 2. The molecule has 0 aliphatic carbocycles. The number of nitrogens with zero attached hydrogens (tertiary/aromatic N) is 1. The van der Waals surface area contributed by atoms with Crippen LogP contribution in [0.3, 0.4) is 0 Å². The number of carboxylic acids is 2. The standard InChI is InChI=1S/C15H24N2O3.C2H2O4/c1-18-14-3-4-15(19-2)13(11-14)12-16-5-6-17-7-9-20-10-8-17;3-1(4)2(5)6/h3-4,11,16H,5-10,12H2,1-2H3;(H,3,4)(H,5,6). The quantitative estimate of drug-likeness (QED) is 0.459. The maximum absolute atomic E-state index is 9.10. The van der Waals surface area contributed by atoms with Crippen LogP contribution in [0.25, 0.3) is 0 Å². The lowest BCUT2D eigenvalue weighted by atomic mass is 10.2. The molecule has 0 bridgehead atoms. The first-order valence-corrected chi connectivity index (χ1v) is 8.15. The predicted octanol–water partition coefficient (Wildman–Crippen LogP) is 0.281. The molecule has 0 saturated carbocycles. The maximum atomic E-state index is 9.10. The number of carbonyl (C=O) groups is 2. The molecule has 26 heavy (non-hydrogen) atoms. The first-order valence-electron chi connectivity index (χ1n) is 8.15. The smallest absolute Gasteiger partial charge is 0.414 e. The van der Waals surface area contributed by atoms with Crippen molar-refractivity contribution in [3.05, 3.63) is 23.8 Å². The Kier molecular flexibility index (Phi) is 10.1. The molecule has 0 unspecified atom stereocenters. The summed E-state index contributed by atoms with van der Waals surface area (Å²) in [5.74, 6) is -1.90. The predicted molar refractivity (Wildman–Crippen MR) is 93.8 cm³/mol. The Morgan fingerprint density at radius 3 is 2.35 bits per heavy atom. The molecule has 1 aliphatic heterocycles. The number of benzene rings is 1. The van der Waals surface area contributed by atoms with Gasteiger partial charge in [-0.05, 0) is 18.2 Å². The van der Waals surface area contributed by atoms with E-state index in [9.17, 15) is 0 Å². The SMILES string of the molecule is COc1ccc(OC)c(CNCCN2CCOCC2)c1.O=C(O)C(=O)O. The molecule has 0 aromatic heterocycles. The highest BCUT2D eigenvalue weighted by molar-refractivity contribution is 6.27. The Balaban J connectivity index is 0.000000487. The molecule has 0 radical (unpaired) electrons. The van der Waals surface area contributed by atoms with Gasteiger partial charge in [0.05, 0.1) is 27.4 Å². The van der Waals surface area contributed by atoms with Gasteiger partial charge in [0.2, 0.25) is 0 Å². The molecular weight excluding hydrogens is 344 g/mol. The molecule has 2 rings (SSSR count). The molecule has 1 aromatic carbocycles. The minimum atomic E-state index is -1.82. The van der Waals surface area contributed by atoms with E-state index >= 15 is 0 Å². The van der Waals surface area contributed by atoms with Crippen LogP contribution in [0, 0.1) is 0 Å². The van der Waals surface area contributed by atoms with Gasteiger partial charge in [0.1, 0.15) is 11.5 Å². The van der Waals surface area contributed by atoms with Crippen LogP contribution in [-0.4, -0.2) is 80.7 Å². The molecular formula is C17H26N2O7. The largest absolute Gasteiger partial charge is 0.497 e. The molecule has 1 fully saturated rings. The van der Waals surface area contributed by atoms with Crippen molar-refractivity contribution in [1.82, 2.24) is 10.2 Å². The van der Waals surface area contributed by atoms with Crippen LogP contribution in [0.2, 0.25) is 0 Å². The van der Waals surface area contributed by atoms with Crippen molar-refractivity contribution in [1.29, 1.82) is 0 Å². The van der Waals surface area contributed by atoms with Crippen molar-refractivity contribution in [2.75, 3.05) is 53.6 Å². The third-order valence-electron chi connectivity index (χ3n) is 3.69. The van der Waals surface area contributed by atoms with E-state index in [0.717, 1.165) is 63.0 Å². The van der Waals surface area contributed by atoms with Gasteiger partial charge >= 0.3 is 11.9 Å². The van der Waals surface area contributed by atoms with Crippen LogP contribution >= 0.6 is 0 Å². The van der Waals surface area contributed by atoms with Crippen molar-refractivity contribution in [3.63, 3.8) is 0 Å². The average molecular weight is 370 g/mol. The Morgan fingerprint density at radius 1 is 1.15 bits per heavy atom. The zero-order valence-electron chi connectivity index (χ0n) is 15.1. The number of ether oxygens (including phenoxy) is 3. The van der Waals surface area contributed by atoms with Crippen molar-refractivity contribution in [2.24, 2.45) is 0 Å². The van der Waals surface area contributed by atoms with Gasteiger partial charge in [0.25, 0.3) is 0 Å². The summed E-state index contributed by atoms with van der Waals surface area (Å²) >= 11 is 0. The van der Waals surface area contributed by atoms with Gasteiger partial charge < -0.3 is 29.7 Å². The van der Waals surface area contributed by atoms with Crippen LogP contribution in [0.5, 0.6) is 11.5 Å². The van der Waals surface area contributed by atoms with E-state index in [4.69, 9.17) is 34.0 Å². The first-order chi connectivity index (χ1) is 12.5. The van der Waals surface area contributed by atoms with Crippen molar-refractivity contribution in [2.45, 2.75) is 6.54 Å². The molecule has 0 atom stereocenters. The molecule has 3 N–H and O–H groups in total. The van der Waals surface area contributed by atoms with Gasteiger partial charge in [-0.2, -0.15) is 0 Å². The van der Waals surface area contributed by atoms with E-state index < -0.39 is 11.9 Å². The van der Waals surface area contributed by atoms with Gasteiger partial charge in [-0.1, -0.05) is 0 Å². The zero-order valence-corrected chi connectivity index (χ0v) is 15.1. The van der Waals surface area contributed by atoms with Gasteiger partial charge in [0, 0.05) is 38.3 Å². The second-order valence-corrected chi connectivity index (χ2v) is 5.42. The van der Waals surface area contributed by atoms with Crippen LogP contribution in [0.1, 0.15) is 5.56 Å². The molecule has 9 nitrogen and oxygen atoms in total. The highest BCUT2D eigenvalue weighted by Crippen LogP contribution is 2.23. The lowest BCUT2D eigenvalue weighted by molar-refractivity contribution is -0.159. The topological polar surface area (TPSA) is 118 Å². The third-order valence-corrected chi connectivity index (χ3v) is 3.69. The molecule has 9 heteroatoms. The van der Waals surface area contributed by atoms with Gasteiger partial charge in [-0.15, -0.1) is 0 Å². The fourth-order valence-corrected chi connectivity index (χ4v) is 2.31. The highest BCUT2D eigenvalue weighted by Gasteiger charge is 2.10. The van der Waals surface area contributed by atoms with Crippen LogP contribution in [0.15, 0.2) is 18.2 Å². The lowest BCUT2D eigenvalue weighted by Crippen LogP contribution is -2.40. The fraction of sp³-hybridized carbons (Fsp3) is 0.529. The minimum Gasteiger partial charge on any atom is -0.497 e. The summed E-state index contributed by atoms with van der Waals surface area (Å²) in [6.45, 7) is 6.56. The Bertz CT molecular complexity index is 562. The summed E-state index contributed by atoms with van der Waals surface area (Å²) in [5.41, 5.74) is 1.12. The van der Waals surface area contributed by atoms with E-state index in [1.165, 1.54) is 0 Å². The Hall–Kier alpha value is -2.36. The lowest BCUT2D eigenvalue weighted by Gasteiger charge is -2.26. The second kappa shape index (κ2) is 12.1. The first kappa shape index (κ1) is 21.7. The summed E-state index contributed by atoms with van der Waals surface area (Å²) in [4.78, 5) is 20.6. The second-order valence-electron chi connectivity index (χ2n) is 5.42. The van der Waals surface area contributed by atoms with Gasteiger partial charge in [-0.3, -0.25) is 4.90 Å². The summed E-state index contributed by atoms with van der Waals surface area (Å²) < 4.78 is 16.0. The van der Waals surface area contributed by atoms with E-state index in [1.807, 2.05) is 18.2 Å². The summed E-state index contributed by atoms with van der Waals surface area (Å²) in [6, 6.07) is 5.87. The van der Waals surface area contributed by atoms with E-state index in [1.54, 1.807) is 14.2 Å². The van der Waals surface area contributed by atoms with E-state index in [0.29, 0.717) is 0 Å². The van der Waals surface area contributed by atoms with Crippen molar-refractivity contribution < 1.29 is 34.0 Å². The van der Waals surface area contributed by atoms with Crippen LogP contribution < -0.4 is 14.8 Å². The number of morpholine rings is 1. The molecule has 1 aromatic rings. The van der Waals surface area contributed by atoms with Crippen LogP contribution in [0.4, 0.5) is 0 Å². The number of hydrogen-bond donors (Lipinski definition) is 3. The summed E-state index contributed by atoms with van der Waals surface area (Å²) in [7, 11) is 3.37. The molecule has 1 heterocycles. The Morgan fingerprint density at radius 2 is 1.81 bits per heavy atom. The maximum Gasteiger partial charge on any atom is 0.414 e. The van der Waals surface area contributed by atoms with Crippen molar-refractivity contribution in [3.8, 4) is 11.5 Å². The third kappa shape index (κ3) is 8.15. The zero-order chi connectivity index (χ0) is 19.4. The van der Waals surface area contributed by atoms with E-state index in [-0.39, 0.29) is 0 Å². The Labute approximate surface area is 152 Å². The molecule has 1 saturated heterocycles. The van der Waals surface area contributed by atoms with E-state index in [2.05, 4.69) is 10.2 Å². The van der Waals surface area contributed by atoms with Gasteiger partial charge in [0.15, 0.2) is 0 Å². The normalized spacial score (nSPS) is 14.1. The number of methoxy groups -OCH3 is 2. The average Bonchev–Trinajstić information content (AvgIpc) is 2.66. The number of rotatable bonds is 7. The number of hydrogen-bond acceptors (Lipinski definition) is 7. The summed E-state index contributed by atoms with van der Waals surface area (Å²) in [5, 5.41) is 18.2. The monoisotopic (exact) mass is 370 g/mol. The van der Waals surface area contributed by atoms with Gasteiger partial charge in [-0.25, -0.2) is 9.59 Å². The number of carboxylic acid groups (broad SMARTS) is 2. The molecule has 146 valence electrons. The van der Waals surface area contributed by atoms with Crippen LogP contribution in [-0.2, 0) is 20.9 Å². The number of nitrogens with one attached hydrogen (secondary N) is 1. The minimum absolute atomic E-state index is 0.782. The highest BCUT2D eigenvalue weighted by atomic mass is 16.5. The molecule has 1 aliphatic rings. The fourth-order valence-electron chi connectivity index (χ4n) is 2.31. The molecule has 0 spiro atoms.